The summed E-state index contributed by atoms with van der Waals surface area (Å²) in [5, 5.41) is 7.35. The van der Waals surface area contributed by atoms with Gasteiger partial charge in [-0.2, -0.15) is 5.10 Å². The highest BCUT2D eigenvalue weighted by atomic mass is 16.5. The Morgan fingerprint density at radius 1 is 1.29 bits per heavy atom. The number of ether oxygens (including phenoxy) is 1. The summed E-state index contributed by atoms with van der Waals surface area (Å²) in [7, 11) is 3.44. The molecule has 1 unspecified atom stereocenters. The van der Waals surface area contributed by atoms with Crippen LogP contribution in [0.5, 0.6) is 5.88 Å². The van der Waals surface area contributed by atoms with Gasteiger partial charge in [0.2, 0.25) is 11.8 Å². The van der Waals surface area contributed by atoms with Crippen molar-refractivity contribution in [2.75, 3.05) is 25.1 Å². The van der Waals surface area contributed by atoms with Crippen LogP contribution >= 0.6 is 0 Å². The van der Waals surface area contributed by atoms with E-state index in [-0.39, 0.29) is 11.9 Å². The number of anilines is 1. The molecular formula is C22H25N7O2. The van der Waals surface area contributed by atoms with Gasteiger partial charge < -0.3 is 15.0 Å². The molecule has 0 spiro atoms. The number of rotatable bonds is 5. The van der Waals surface area contributed by atoms with Gasteiger partial charge in [-0.15, -0.1) is 0 Å². The average Bonchev–Trinajstić information content (AvgIpc) is 3.53. The van der Waals surface area contributed by atoms with E-state index in [4.69, 9.17) is 9.72 Å². The van der Waals surface area contributed by atoms with Crippen LogP contribution in [-0.2, 0) is 19.9 Å². The number of hydrogen-bond acceptors (Lipinski definition) is 7. The van der Waals surface area contributed by atoms with Crippen LogP contribution in [0, 0.1) is 0 Å². The lowest BCUT2D eigenvalue weighted by atomic mass is 10.1. The zero-order valence-corrected chi connectivity index (χ0v) is 17.7. The SMILES string of the molecule is COc1nc2c(cc1C(=O)NC1CCN(c3nccc(-c4cnn(C)c4)n3)C1)CCC2. The standard InChI is InChI=1S/C22H25N7O2/c1-28-12-15(11-24-28)19-6-8-23-22(27-19)29-9-7-16(13-29)25-20(30)17-10-14-4-3-5-18(14)26-21(17)31-2/h6,8,10-12,16H,3-5,7,9,13H2,1-2H3,(H,25,30). The molecule has 9 nitrogen and oxygen atoms in total. The molecule has 4 heterocycles. The highest BCUT2D eigenvalue weighted by Crippen LogP contribution is 2.27. The van der Waals surface area contributed by atoms with Gasteiger partial charge in [0.15, 0.2) is 0 Å². The molecule has 1 aliphatic carbocycles. The van der Waals surface area contributed by atoms with Crippen LogP contribution in [0.1, 0.15) is 34.5 Å². The Balaban J connectivity index is 1.28. The van der Waals surface area contributed by atoms with Crippen molar-refractivity contribution in [1.29, 1.82) is 0 Å². The maximum Gasteiger partial charge on any atom is 0.257 e. The number of carbonyl (C=O) groups excluding carboxylic acids is 1. The highest BCUT2D eigenvalue weighted by Gasteiger charge is 2.28. The fraction of sp³-hybridized carbons (Fsp3) is 0.409. The lowest BCUT2D eigenvalue weighted by molar-refractivity contribution is 0.0936. The first kappa shape index (κ1) is 19.5. The molecule has 1 saturated heterocycles. The number of methoxy groups -OCH3 is 1. The Morgan fingerprint density at radius 2 is 2.19 bits per heavy atom. The third-order valence-corrected chi connectivity index (χ3v) is 5.90. The lowest BCUT2D eigenvalue weighted by Gasteiger charge is -2.18. The van der Waals surface area contributed by atoms with Gasteiger partial charge in [-0.25, -0.2) is 15.0 Å². The second-order valence-corrected chi connectivity index (χ2v) is 8.05. The maximum atomic E-state index is 13.0. The lowest BCUT2D eigenvalue weighted by Crippen LogP contribution is -2.37. The summed E-state index contributed by atoms with van der Waals surface area (Å²) in [6.45, 7) is 1.43. The summed E-state index contributed by atoms with van der Waals surface area (Å²) in [4.78, 5) is 28.8. The van der Waals surface area contributed by atoms with Crippen LogP contribution in [0.3, 0.4) is 0 Å². The zero-order chi connectivity index (χ0) is 21.4. The Kier molecular flexibility index (Phi) is 5.01. The summed E-state index contributed by atoms with van der Waals surface area (Å²) in [5.74, 6) is 0.923. The number of nitrogens with zero attached hydrogens (tertiary/aromatic N) is 6. The second kappa shape index (κ2) is 7.98. The number of pyridine rings is 1. The Hall–Kier alpha value is -3.49. The van der Waals surface area contributed by atoms with Gasteiger partial charge in [0.1, 0.15) is 5.56 Å². The van der Waals surface area contributed by atoms with E-state index in [2.05, 4.69) is 25.3 Å². The molecule has 1 atom stereocenters. The largest absolute Gasteiger partial charge is 0.480 e. The fourth-order valence-electron chi connectivity index (χ4n) is 4.31. The van der Waals surface area contributed by atoms with Crippen LogP contribution in [0.15, 0.2) is 30.7 Å². The summed E-state index contributed by atoms with van der Waals surface area (Å²) in [5.41, 5.74) is 4.49. The smallest absolute Gasteiger partial charge is 0.257 e. The van der Waals surface area contributed by atoms with Crippen molar-refractivity contribution in [3.05, 3.63) is 47.5 Å². The number of aromatic nitrogens is 5. The molecule has 1 aliphatic heterocycles. The van der Waals surface area contributed by atoms with E-state index in [0.29, 0.717) is 23.9 Å². The fourth-order valence-corrected chi connectivity index (χ4v) is 4.31. The number of hydrogen-bond donors (Lipinski definition) is 1. The number of amides is 1. The van der Waals surface area contributed by atoms with Crippen molar-refractivity contribution in [2.45, 2.75) is 31.7 Å². The van der Waals surface area contributed by atoms with Gasteiger partial charge in [-0.1, -0.05) is 0 Å². The van der Waals surface area contributed by atoms with Crippen molar-refractivity contribution in [3.8, 4) is 17.1 Å². The molecule has 160 valence electrons. The summed E-state index contributed by atoms with van der Waals surface area (Å²) >= 11 is 0. The summed E-state index contributed by atoms with van der Waals surface area (Å²) in [6, 6.07) is 3.83. The molecular weight excluding hydrogens is 394 g/mol. The molecule has 31 heavy (non-hydrogen) atoms. The topological polar surface area (TPSA) is 98.1 Å². The van der Waals surface area contributed by atoms with Gasteiger partial charge in [0.05, 0.1) is 19.0 Å². The normalized spacial score (nSPS) is 17.6. The predicted molar refractivity (Wildman–Crippen MR) is 115 cm³/mol. The van der Waals surface area contributed by atoms with E-state index in [9.17, 15) is 4.79 Å². The zero-order valence-electron chi connectivity index (χ0n) is 17.7. The van der Waals surface area contributed by atoms with Gasteiger partial charge in [0, 0.05) is 49.8 Å². The van der Waals surface area contributed by atoms with E-state index in [1.165, 1.54) is 0 Å². The Labute approximate surface area is 180 Å². The predicted octanol–water partition coefficient (Wildman–Crippen LogP) is 1.78. The first-order valence-corrected chi connectivity index (χ1v) is 10.6. The van der Waals surface area contributed by atoms with Gasteiger partial charge >= 0.3 is 0 Å². The van der Waals surface area contributed by atoms with Crippen LogP contribution in [0.4, 0.5) is 5.95 Å². The molecule has 0 bridgehead atoms. The monoisotopic (exact) mass is 419 g/mol. The molecule has 3 aromatic rings. The van der Waals surface area contributed by atoms with Crippen molar-refractivity contribution >= 4 is 11.9 Å². The Bertz CT molecular complexity index is 1130. The molecule has 0 radical (unpaired) electrons. The minimum atomic E-state index is -0.143. The molecule has 0 aromatic carbocycles. The van der Waals surface area contributed by atoms with Crippen molar-refractivity contribution < 1.29 is 9.53 Å². The van der Waals surface area contributed by atoms with E-state index >= 15 is 0 Å². The third kappa shape index (κ3) is 3.83. The van der Waals surface area contributed by atoms with E-state index in [1.807, 2.05) is 25.4 Å². The van der Waals surface area contributed by atoms with Crippen molar-refractivity contribution in [3.63, 3.8) is 0 Å². The number of fused-ring (bicyclic) bond motifs is 1. The van der Waals surface area contributed by atoms with Crippen LogP contribution in [0.25, 0.3) is 11.3 Å². The molecule has 2 aliphatic rings. The quantitative estimate of drug-likeness (QED) is 0.673. The number of aryl methyl sites for hydroxylation is 3. The molecule has 3 aromatic heterocycles. The third-order valence-electron chi connectivity index (χ3n) is 5.90. The number of nitrogens with one attached hydrogen (secondary N) is 1. The maximum absolute atomic E-state index is 13.0. The Morgan fingerprint density at radius 3 is 3.00 bits per heavy atom. The molecule has 5 rings (SSSR count). The van der Waals surface area contributed by atoms with Gasteiger partial charge in [-0.3, -0.25) is 9.48 Å². The van der Waals surface area contributed by atoms with Gasteiger partial charge in [-0.05, 0) is 43.4 Å². The molecule has 1 amide bonds. The molecule has 1 N–H and O–H groups in total. The number of carbonyl (C=O) groups is 1. The van der Waals surface area contributed by atoms with Crippen molar-refractivity contribution in [1.82, 2.24) is 30.0 Å². The van der Waals surface area contributed by atoms with Gasteiger partial charge in [0.25, 0.3) is 5.91 Å². The minimum Gasteiger partial charge on any atom is -0.480 e. The second-order valence-electron chi connectivity index (χ2n) is 8.05. The van der Waals surface area contributed by atoms with Crippen LogP contribution in [0.2, 0.25) is 0 Å². The first-order valence-electron chi connectivity index (χ1n) is 10.6. The van der Waals surface area contributed by atoms with E-state index in [1.54, 1.807) is 24.2 Å². The highest BCUT2D eigenvalue weighted by molar-refractivity contribution is 5.97. The minimum absolute atomic E-state index is 0.0103. The molecule has 1 fully saturated rings. The summed E-state index contributed by atoms with van der Waals surface area (Å²) in [6.07, 6.45) is 9.29. The van der Waals surface area contributed by atoms with E-state index in [0.717, 1.165) is 54.7 Å². The molecule has 0 saturated carbocycles. The first-order chi connectivity index (χ1) is 15.1. The van der Waals surface area contributed by atoms with Crippen molar-refractivity contribution in [2.24, 2.45) is 7.05 Å². The van der Waals surface area contributed by atoms with Crippen LogP contribution < -0.4 is 15.0 Å². The average molecular weight is 419 g/mol. The molecule has 9 heteroatoms. The van der Waals surface area contributed by atoms with Crippen LogP contribution in [-0.4, -0.2) is 56.9 Å². The van der Waals surface area contributed by atoms with E-state index < -0.39 is 0 Å². The summed E-state index contributed by atoms with van der Waals surface area (Å²) < 4.78 is 7.15.